The van der Waals surface area contributed by atoms with E-state index in [2.05, 4.69) is 26.2 Å². The van der Waals surface area contributed by atoms with Crippen molar-refractivity contribution in [1.82, 2.24) is 0 Å². The van der Waals surface area contributed by atoms with Gasteiger partial charge in [-0.3, -0.25) is 0 Å². The largest absolute Gasteiger partial charge is 0.389 e. The summed E-state index contributed by atoms with van der Waals surface area (Å²) in [5.74, 6) is 0.211. The Kier molecular flexibility index (Phi) is 7.97. The van der Waals surface area contributed by atoms with E-state index in [4.69, 9.17) is 0 Å². The molecule has 0 aromatic carbocycles. The van der Waals surface area contributed by atoms with Gasteiger partial charge < -0.3 is 15.3 Å². The van der Waals surface area contributed by atoms with E-state index in [1.807, 2.05) is 13.8 Å². The lowest BCUT2D eigenvalue weighted by atomic mass is 9.87. The zero-order chi connectivity index (χ0) is 17.6. The molecule has 0 heterocycles. The van der Waals surface area contributed by atoms with Gasteiger partial charge in [-0.2, -0.15) is 0 Å². The molecule has 0 amide bonds. The first-order chi connectivity index (χ1) is 10.7. The first kappa shape index (κ1) is 19.9. The van der Waals surface area contributed by atoms with Crippen molar-refractivity contribution in [1.29, 1.82) is 0 Å². The van der Waals surface area contributed by atoms with E-state index in [1.165, 1.54) is 5.57 Å². The molecule has 1 aliphatic carbocycles. The zero-order valence-corrected chi connectivity index (χ0v) is 14.8. The Morgan fingerprint density at radius 1 is 1.17 bits per heavy atom. The maximum absolute atomic E-state index is 10.4. The summed E-state index contributed by atoms with van der Waals surface area (Å²) in [5, 5.41) is 30.7. The summed E-state index contributed by atoms with van der Waals surface area (Å²) in [6.07, 6.45) is 5.11. The van der Waals surface area contributed by atoms with Crippen LogP contribution < -0.4 is 0 Å². The standard InChI is InChI=1S/C20H32O3/c1-13(2)17-8-6-14(3)7-9-19(22)15(4)10-18(21)11-16(5)20(23)12-17/h6,11,17-23H,1,4,7-10,12H2,2-3,5H3/b14-6+,16-11+/t17-,18+,19-,20-/m0/s1. The average Bonchev–Trinajstić information content (AvgIpc) is 2.46. The van der Waals surface area contributed by atoms with E-state index in [0.717, 1.165) is 24.0 Å². The third-order valence-electron chi connectivity index (χ3n) is 4.69. The van der Waals surface area contributed by atoms with Crippen LogP contribution in [-0.4, -0.2) is 33.6 Å². The van der Waals surface area contributed by atoms with Gasteiger partial charge in [-0.1, -0.05) is 36.5 Å². The van der Waals surface area contributed by atoms with Crippen LogP contribution in [0.5, 0.6) is 0 Å². The lowest BCUT2D eigenvalue weighted by Gasteiger charge is -2.22. The van der Waals surface area contributed by atoms with Gasteiger partial charge in [0.1, 0.15) is 0 Å². The van der Waals surface area contributed by atoms with Crippen LogP contribution in [0.4, 0.5) is 0 Å². The van der Waals surface area contributed by atoms with Gasteiger partial charge in [-0.25, -0.2) is 0 Å². The Balaban J connectivity index is 3.00. The molecule has 3 heteroatoms. The molecule has 23 heavy (non-hydrogen) atoms. The van der Waals surface area contributed by atoms with E-state index in [1.54, 1.807) is 6.08 Å². The van der Waals surface area contributed by atoms with Crippen molar-refractivity contribution in [2.75, 3.05) is 0 Å². The number of aliphatic hydroxyl groups excluding tert-OH is 3. The topological polar surface area (TPSA) is 60.7 Å². The fourth-order valence-corrected chi connectivity index (χ4v) is 2.85. The van der Waals surface area contributed by atoms with Crippen molar-refractivity contribution < 1.29 is 15.3 Å². The van der Waals surface area contributed by atoms with Crippen LogP contribution in [-0.2, 0) is 0 Å². The molecule has 0 unspecified atom stereocenters. The van der Waals surface area contributed by atoms with Crippen LogP contribution in [0.2, 0.25) is 0 Å². The van der Waals surface area contributed by atoms with E-state index >= 15 is 0 Å². The summed E-state index contributed by atoms with van der Waals surface area (Å²) < 4.78 is 0. The molecule has 1 aliphatic rings. The molecular weight excluding hydrogens is 288 g/mol. The predicted octanol–water partition coefficient (Wildman–Crippen LogP) is 3.67. The van der Waals surface area contributed by atoms with Crippen LogP contribution >= 0.6 is 0 Å². The molecule has 0 saturated carbocycles. The van der Waals surface area contributed by atoms with Crippen molar-refractivity contribution in [3.63, 3.8) is 0 Å². The summed E-state index contributed by atoms with van der Waals surface area (Å²) in [6.45, 7) is 13.8. The monoisotopic (exact) mass is 320 g/mol. The van der Waals surface area contributed by atoms with Crippen LogP contribution in [0.1, 0.15) is 52.9 Å². The molecule has 0 aliphatic heterocycles. The molecular formula is C20H32O3. The smallest absolute Gasteiger partial charge is 0.0762 e. The van der Waals surface area contributed by atoms with E-state index in [9.17, 15) is 15.3 Å². The predicted molar refractivity (Wildman–Crippen MR) is 96.1 cm³/mol. The lowest BCUT2D eigenvalue weighted by Crippen LogP contribution is -2.19. The van der Waals surface area contributed by atoms with E-state index in [0.29, 0.717) is 24.8 Å². The average molecular weight is 320 g/mol. The summed E-state index contributed by atoms with van der Waals surface area (Å²) >= 11 is 0. The van der Waals surface area contributed by atoms with E-state index in [-0.39, 0.29) is 5.92 Å². The Bertz CT molecular complexity index is 487. The van der Waals surface area contributed by atoms with Crippen LogP contribution in [0.25, 0.3) is 0 Å². The fraction of sp³-hybridized carbons (Fsp3) is 0.600. The minimum atomic E-state index is -0.727. The number of rotatable bonds is 1. The van der Waals surface area contributed by atoms with Crippen LogP contribution in [0, 0.1) is 5.92 Å². The molecule has 3 nitrogen and oxygen atoms in total. The molecule has 0 radical (unpaired) electrons. The molecule has 0 aromatic heterocycles. The van der Waals surface area contributed by atoms with Crippen LogP contribution in [0.15, 0.2) is 47.6 Å². The van der Waals surface area contributed by atoms with Crippen LogP contribution in [0.3, 0.4) is 0 Å². The minimum absolute atomic E-state index is 0.211. The second-order valence-corrected chi connectivity index (χ2v) is 6.98. The highest BCUT2D eigenvalue weighted by Crippen LogP contribution is 2.26. The first-order valence-electron chi connectivity index (χ1n) is 8.42. The van der Waals surface area contributed by atoms with Gasteiger partial charge in [0.05, 0.1) is 18.3 Å². The normalized spacial score (nSPS) is 36.3. The number of allylic oxidation sites excluding steroid dienone is 3. The second kappa shape index (κ2) is 9.21. The zero-order valence-electron chi connectivity index (χ0n) is 14.8. The molecule has 0 fully saturated rings. The maximum atomic E-state index is 10.4. The van der Waals surface area contributed by atoms with Gasteiger partial charge >= 0.3 is 0 Å². The molecule has 0 spiro atoms. The third-order valence-corrected chi connectivity index (χ3v) is 4.69. The Hall–Kier alpha value is -1.16. The van der Waals surface area contributed by atoms with Gasteiger partial charge in [0, 0.05) is 6.42 Å². The highest BCUT2D eigenvalue weighted by atomic mass is 16.3. The molecule has 0 saturated heterocycles. The summed E-state index contributed by atoms with van der Waals surface area (Å²) in [6, 6.07) is 0. The van der Waals surface area contributed by atoms with E-state index < -0.39 is 18.3 Å². The number of hydrogen-bond acceptors (Lipinski definition) is 3. The van der Waals surface area contributed by atoms with Gasteiger partial charge in [0.25, 0.3) is 0 Å². The number of hydrogen-bond donors (Lipinski definition) is 3. The highest BCUT2D eigenvalue weighted by molar-refractivity contribution is 5.15. The highest BCUT2D eigenvalue weighted by Gasteiger charge is 2.19. The third kappa shape index (κ3) is 6.86. The van der Waals surface area contributed by atoms with Gasteiger partial charge in [-0.15, -0.1) is 0 Å². The summed E-state index contributed by atoms with van der Waals surface area (Å²) in [7, 11) is 0. The maximum Gasteiger partial charge on any atom is 0.0762 e. The fourth-order valence-electron chi connectivity index (χ4n) is 2.85. The van der Waals surface area contributed by atoms with Crippen molar-refractivity contribution in [2.45, 2.75) is 71.2 Å². The molecule has 4 atom stereocenters. The summed E-state index contributed by atoms with van der Waals surface area (Å²) in [5.41, 5.74) is 3.67. The molecule has 0 bridgehead atoms. The minimum Gasteiger partial charge on any atom is -0.389 e. The first-order valence-corrected chi connectivity index (χ1v) is 8.42. The van der Waals surface area contributed by atoms with Crippen molar-refractivity contribution >= 4 is 0 Å². The molecule has 130 valence electrons. The second-order valence-electron chi connectivity index (χ2n) is 6.98. The Morgan fingerprint density at radius 2 is 1.83 bits per heavy atom. The quantitative estimate of drug-likeness (QED) is 0.646. The lowest BCUT2D eigenvalue weighted by molar-refractivity contribution is 0.164. The van der Waals surface area contributed by atoms with Crippen molar-refractivity contribution in [3.05, 3.63) is 47.6 Å². The molecule has 1 rings (SSSR count). The SMILES string of the molecule is C=C(C)[C@H]1C/C=C(\C)CC[C@H](O)C(=C)C[C@@H](O)/C=C(\C)[C@@H](O)C1. The van der Waals surface area contributed by atoms with Crippen molar-refractivity contribution in [2.24, 2.45) is 5.92 Å². The number of aliphatic hydroxyl groups is 3. The van der Waals surface area contributed by atoms with Gasteiger partial charge in [-0.05, 0) is 63.5 Å². The van der Waals surface area contributed by atoms with Gasteiger partial charge in [0.15, 0.2) is 0 Å². The molecule has 3 N–H and O–H groups in total. The Labute approximate surface area is 140 Å². The summed E-state index contributed by atoms with van der Waals surface area (Å²) in [4.78, 5) is 0. The molecule has 0 aromatic rings. The van der Waals surface area contributed by atoms with Gasteiger partial charge in [0.2, 0.25) is 0 Å². The Morgan fingerprint density at radius 3 is 2.43 bits per heavy atom. The van der Waals surface area contributed by atoms with Crippen molar-refractivity contribution in [3.8, 4) is 0 Å².